The van der Waals surface area contributed by atoms with Crippen LogP contribution < -0.4 is 0 Å². The van der Waals surface area contributed by atoms with Gasteiger partial charge in [0.05, 0.1) is 11.5 Å². The van der Waals surface area contributed by atoms with E-state index >= 15 is 0 Å². The van der Waals surface area contributed by atoms with Gasteiger partial charge in [-0.15, -0.1) is 11.6 Å². The highest BCUT2D eigenvalue weighted by Crippen LogP contribution is 2.66. The number of ketones is 1. The predicted octanol–water partition coefficient (Wildman–Crippen LogP) is 4.51. The number of carbonyl (C=O) groups excluding carboxylic acids is 1. The van der Waals surface area contributed by atoms with Crippen LogP contribution in [0.2, 0.25) is 0 Å². The van der Waals surface area contributed by atoms with Crippen molar-refractivity contribution in [2.24, 2.45) is 34.5 Å². The number of allylic oxidation sites excluding steroid dienone is 4. The lowest BCUT2D eigenvalue weighted by Crippen LogP contribution is -2.57. The first-order valence-corrected chi connectivity index (χ1v) is 10.0. The topological polar surface area (TPSA) is 37.3 Å². The maximum Gasteiger partial charge on any atom is 0.178 e. The van der Waals surface area contributed by atoms with E-state index in [9.17, 15) is 9.90 Å². The second-order valence-electron chi connectivity index (χ2n) is 9.08. The minimum absolute atomic E-state index is 0.0358. The largest absolute Gasteiger partial charge is 0.393 e. The molecule has 4 rings (SSSR count). The van der Waals surface area contributed by atoms with Gasteiger partial charge in [0.1, 0.15) is 0 Å². The Hall–Kier alpha value is -0.600. The molecule has 0 aromatic heterocycles. The molecule has 0 saturated heterocycles. The summed E-state index contributed by atoms with van der Waals surface area (Å²) >= 11 is 6.78. The van der Waals surface area contributed by atoms with E-state index in [1.165, 1.54) is 19.3 Å². The van der Waals surface area contributed by atoms with Crippen LogP contribution in [0.15, 0.2) is 23.8 Å². The summed E-state index contributed by atoms with van der Waals surface area (Å²) in [5.74, 6) is 2.06. The van der Waals surface area contributed by atoms with Crippen LogP contribution in [0.5, 0.6) is 0 Å². The number of aliphatic hydroxyl groups excluding tert-OH is 1. The maximum absolute atomic E-state index is 11.9. The van der Waals surface area contributed by atoms with Gasteiger partial charge in [0.15, 0.2) is 5.78 Å². The lowest BCUT2D eigenvalue weighted by molar-refractivity contribution is -0.118. The summed E-state index contributed by atoms with van der Waals surface area (Å²) in [7, 11) is 0. The summed E-state index contributed by atoms with van der Waals surface area (Å²) < 4.78 is 0. The van der Waals surface area contributed by atoms with Crippen LogP contribution in [0, 0.1) is 34.5 Å². The number of aliphatic hydroxyl groups is 1. The van der Waals surface area contributed by atoms with E-state index in [0.717, 1.165) is 24.3 Å². The molecular weight excluding hydrogens is 320 g/mol. The number of halogens is 1. The normalized spacial score (nSPS) is 53.2. The van der Waals surface area contributed by atoms with Crippen LogP contribution in [0.3, 0.4) is 0 Å². The predicted molar refractivity (Wildman–Crippen MR) is 96.8 cm³/mol. The van der Waals surface area contributed by atoms with Crippen LogP contribution in [-0.4, -0.2) is 22.4 Å². The molecule has 132 valence electrons. The zero-order valence-electron chi connectivity index (χ0n) is 15.0. The molecular formula is C21H29ClO2. The van der Waals surface area contributed by atoms with E-state index in [-0.39, 0.29) is 34.0 Å². The molecule has 2 unspecified atom stereocenters. The van der Waals surface area contributed by atoms with Gasteiger partial charge >= 0.3 is 0 Å². The van der Waals surface area contributed by atoms with E-state index in [0.29, 0.717) is 11.8 Å². The summed E-state index contributed by atoms with van der Waals surface area (Å²) in [6.07, 6.45) is 10.7. The summed E-state index contributed by atoms with van der Waals surface area (Å²) in [5.41, 5.74) is 1.01. The van der Waals surface area contributed by atoms with Crippen molar-refractivity contribution in [2.45, 2.75) is 64.4 Å². The molecule has 0 bridgehead atoms. The second kappa shape index (κ2) is 5.45. The molecule has 0 spiro atoms. The summed E-state index contributed by atoms with van der Waals surface area (Å²) in [6.45, 7) is 6.89. The lowest BCUT2D eigenvalue weighted by Gasteiger charge is -2.59. The van der Waals surface area contributed by atoms with E-state index < -0.39 is 0 Å². The first kappa shape index (κ1) is 16.8. The Balaban J connectivity index is 1.77. The SMILES string of the molecule is CC[C@H]1CC[C@H]2[C@@H]3CC(Cl)C4=CC(=O)C=C[C@]4(C)[C@H]3C(O)C[C@]12C. The Bertz CT molecular complexity index is 623. The third-order valence-corrected chi connectivity index (χ3v) is 8.58. The summed E-state index contributed by atoms with van der Waals surface area (Å²) in [5, 5.41) is 11.1. The van der Waals surface area contributed by atoms with Gasteiger partial charge in [0.25, 0.3) is 0 Å². The van der Waals surface area contributed by atoms with Gasteiger partial charge in [0.2, 0.25) is 0 Å². The number of alkyl halides is 1. The van der Waals surface area contributed by atoms with Gasteiger partial charge in [-0.05, 0) is 66.6 Å². The van der Waals surface area contributed by atoms with Crippen molar-refractivity contribution in [3.05, 3.63) is 23.8 Å². The monoisotopic (exact) mass is 348 g/mol. The van der Waals surface area contributed by atoms with E-state index in [1.54, 1.807) is 12.2 Å². The third kappa shape index (κ3) is 2.08. The quantitative estimate of drug-likeness (QED) is 0.708. The second-order valence-corrected chi connectivity index (χ2v) is 9.60. The molecule has 0 amide bonds. The average molecular weight is 349 g/mol. The molecule has 0 heterocycles. The van der Waals surface area contributed by atoms with Crippen LogP contribution >= 0.6 is 11.6 Å². The van der Waals surface area contributed by atoms with Gasteiger partial charge in [-0.2, -0.15) is 0 Å². The van der Waals surface area contributed by atoms with Crippen molar-refractivity contribution in [1.29, 1.82) is 0 Å². The maximum atomic E-state index is 11.9. The Morgan fingerprint density at radius 3 is 2.79 bits per heavy atom. The number of rotatable bonds is 1. The van der Waals surface area contributed by atoms with Crippen molar-refractivity contribution in [3.63, 3.8) is 0 Å². The summed E-state index contributed by atoms with van der Waals surface area (Å²) in [4.78, 5) is 11.9. The molecule has 0 aliphatic heterocycles. The summed E-state index contributed by atoms with van der Waals surface area (Å²) in [6, 6.07) is 0. The number of hydrogen-bond donors (Lipinski definition) is 1. The van der Waals surface area contributed by atoms with Crippen LogP contribution in [-0.2, 0) is 4.79 Å². The first-order valence-electron chi connectivity index (χ1n) is 9.58. The van der Waals surface area contributed by atoms with Gasteiger partial charge in [-0.25, -0.2) is 0 Å². The molecule has 3 saturated carbocycles. The highest BCUT2D eigenvalue weighted by Gasteiger charge is 2.62. The van der Waals surface area contributed by atoms with Crippen molar-refractivity contribution < 1.29 is 9.90 Å². The first-order chi connectivity index (χ1) is 11.3. The molecule has 3 fully saturated rings. The Labute approximate surface area is 150 Å². The van der Waals surface area contributed by atoms with E-state index in [1.807, 2.05) is 6.08 Å². The van der Waals surface area contributed by atoms with Gasteiger partial charge in [0, 0.05) is 11.3 Å². The van der Waals surface area contributed by atoms with E-state index in [4.69, 9.17) is 11.6 Å². The molecule has 4 aliphatic carbocycles. The molecule has 24 heavy (non-hydrogen) atoms. The minimum Gasteiger partial charge on any atom is -0.393 e. The number of fused-ring (bicyclic) bond motifs is 5. The highest BCUT2D eigenvalue weighted by atomic mass is 35.5. The molecule has 0 aromatic rings. The molecule has 3 heteroatoms. The van der Waals surface area contributed by atoms with Crippen LogP contribution in [0.4, 0.5) is 0 Å². The average Bonchev–Trinajstić information content (AvgIpc) is 2.84. The van der Waals surface area contributed by atoms with Crippen molar-refractivity contribution >= 4 is 17.4 Å². The molecule has 4 aliphatic rings. The number of hydrogen-bond acceptors (Lipinski definition) is 2. The third-order valence-electron chi connectivity index (χ3n) is 8.16. The smallest absolute Gasteiger partial charge is 0.178 e. The van der Waals surface area contributed by atoms with Crippen LogP contribution in [0.25, 0.3) is 0 Å². The Morgan fingerprint density at radius 1 is 1.33 bits per heavy atom. The highest BCUT2D eigenvalue weighted by molar-refractivity contribution is 6.23. The van der Waals surface area contributed by atoms with Crippen molar-refractivity contribution in [2.75, 3.05) is 0 Å². The molecule has 1 N–H and O–H groups in total. The van der Waals surface area contributed by atoms with E-state index in [2.05, 4.69) is 20.8 Å². The van der Waals surface area contributed by atoms with Gasteiger partial charge < -0.3 is 5.11 Å². The molecule has 0 aromatic carbocycles. The standard InChI is InChI=1S/C21H29ClO2/c1-4-12-5-6-15-14-10-17(22)16-9-13(23)7-8-20(16,2)19(14)18(24)11-21(12,15)3/h7-9,12,14-15,17-19,24H,4-6,10-11H2,1-3H3/t12-,14-,15-,17?,18?,19+,20-,21+/m0/s1. The fourth-order valence-electron chi connectivity index (χ4n) is 7.11. The van der Waals surface area contributed by atoms with Crippen LogP contribution in [0.1, 0.15) is 52.9 Å². The minimum atomic E-state index is -0.307. The molecule has 0 radical (unpaired) electrons. The fraction of sp³-hybridized carbons (Fsp3) is 0.762. The molecule has 2 nitrogen and oxygen atoms in total. The van der Waals surface area contributed by atoms with Gasteiger partial charge in [-0.3, -0.25) is 4.79 Å². The lowest BCUT2D eigenvalue weighted by atomic mass is 9.46. The van der Waals surface area contributed by atoms with Crippen molar-refractivity contribution in [3.8, 4) is 0 Å². The zero-order chi connectivity index (χ0) is 17.3. The van der Waals surface area contributed by atoms with Gasteiger partial charge in [-0.1, -0.05) is 33.3 Å². The zero-order valence-corrected chi connectivity index (χ0v) is 15.7. The molecule has 8 atom stereocenters. The Kier molecular flexibility index (Phi) is 3.82. The van der Waals surface area contributed by atoms with Crippen molar-refractivity contribution in [1.82, 2.24) is 0 Å². The Morgan fingerprint density at radius 2 is 2.08 bits per heavy atom. The fourth-order valence-corrected chi connectivity index (χ4v) is 7.61. The number of carbonyl (C=O) groups is 1.